The van der Waals surface area contributed by atoms with Crippen molar-refractivity contribution in [3.63, 3.8) is 0 Å². The molecule has 1 aromatic carbocycles. The number of halogens is 5. The van der Waals surface area contributed by atoms with Crippen LogP contribution in [0, 0.1) is 11.7 Å². The molecule has 3 amide bonds. The zero-order chi connectivity index (χ0) is 24.3. The van der Waals surface area contributed by atoms with E-state index in [0.717, 1.165) is 12.1 Å². The molecule has 3 rings (SSSR count). The van der Waals surface area contributed by atoms with Crippen molar-refractivity contribution in [3.05, 3.63) is 34.6 Å². The summed E-state index contributed by atoms with van der Waals surface area (Å²) in [5.41, 5.74) is 0.128. The van der Waals surface area contributed by atoms with Gasteiger partial charge in [0.15, 0.2) is 0 Å². The van der Waals surface area contributed by atoms with Crippen LogP contribution in [0.25, 0.3) is 0 Å². The SMILES string of the molecule is CNC(=O)CN1CC(=O)NC(c2cc(F)ccc2Cl)C1C(=O)NC1CCCC(C(F)(F)F)C1. The third-order valence-electron chi connectivity index (χ3n) is 6.04. The van der Waals surface area contributed by atoms with E-state index in [4.69, 9.17) is 11.6 Å². The molecular formula is C21H25ClF4N4O3. The molecule has 1 aromatic rings. The van der Waals surface area contributed by atoms with Gasteiger partial charge in [-0.3, -0.25) is 19.3 Å². The van der Waals surface area contributed by atoms with Crippen molar-refractivity contribution >= 4 is 29.3 Å². The zero-order valence-corrected chi connectivity index (χ0v) is 18.6. The Morgan fingerprint density at radius 1 is 1.27 bits per heavy atom. The summed E-state index contributed by atoms with van der Waals surface area (Å²) in [6.45, 7) is -0.619. The number of nitrogens with zero attached hydrogens (tertiary/aromatic N) is 1. The summed E-state index contributed by atoms with van der Waals surface area (Å²) >= 11 is 6.22. The number of hydrogen-bond acceptors (Lipinski definition) is 4. The predicted octanol–water partition coefficient (Wildman–Crippen LogP) is 2.30. The molecule has 3 N–H and O–H groups in total. The lowest BCUT2D eigenvalue weighted by Gasteiger charge is -2.41. The van der Waals surface area contributed by atoms with Gasteiger partial charge in [-0.2, -0.15) is 13.2 Å². The first-order valence-corrected chi connectivity index (χ1v) is 10.9. The fraction of sp³-hybridized carbons (Fsp3) is 0.571. The number of hydrogen-bond donors (Lipinski definition) is 3. The predicted molar refractivity (Wildman–Crippen MR) is 112 cm³/mol. The van der Waals surface area contributed by atoms with Crippen LogP contribution in [0.15, 0.2) is 18.2 Å². The number of benzene rings is 1. The van der Waals surface area contributed by atoms with E-state index < -0.39 is 53.8 Å². The molecule has 1 aliphatic heterocycles. The molecule has 0 spiro atoms. The first kappa shape index (κ1) is 25.2. The minimum absolute atomic E-state index is 0.000320. The third kappa shape index (κ3) is 6.14. The van der Waals surface area contributed by atoms with Gasteiger partial charge in [-0.05, 0) is 43.0 Å². The minimum Gasteiger partial charge on any atom is -0.358 e. The van der Waals surface area contributed by atoms with Crippen molar-refractivity contribution in [1.29, 1.82) is 0 Å². The fourth-order valence-electron chi connectivity index (χ4n) is 4.43. The highest BCUT2D eigenvalue weighted by atomic mass is 35.5. The van der Waals surface area contributed by atoms with Crippen LogP contribution in [0.4, 0.5) is 17.6 Å². The van der Waals surface area contributed by atoms with Crippen LogP contribution in [-0.4, -0.2) is 61.0 Å². The van der Waals surface area contributed by atoms with Crippen molar-refractivity contribution in [1.82, 2.24) is 20.9 Å². The molecule has 1 heterocycles. The molecule has 182 valence electrons. The quantitative estimate of drug-likeness (QED) is 0.550. The van der Waals surface area contributed by atoms with Gasteiger partial charge >= 0.3 is 6.18 Å². The maximum Gasteiger partial charge on any atom is 0.391 e. The van der Waals surface area contributed by atoms with E-state index in [1.807, 2.05) is 0 Å². The Labute approximate surface area is 193 Å². The number of amides is 3. The van der Waals surface area contributed by atoms with E-state index >= 15 is 0 Å². The number of nitrogens with one attached hydrogen (secondary N) is 3. The second kappa shape index (κ2) is 10.3. The molecule has 4 atom stereocenters. The summed E-state index contributed by atoms with van der Waals surface area (Å²) in [7, 11) is 1.39. The van der Waals surface area contributed by atoms with Gasteiger partial charge < -0.3 is 16.0 Å². The first-order chi connectivity index (χ1) is 15.5. The van der Waals surface area contributed by atoms with Crippen LogP contribution < -0.4 is 16.0 Å². The van der Waals surface area contributed by atoms with Gasteiger partial charge in [-0.15, -0.1) is 0 Å². The average Bonchev–Trinajstić information content (AvgIpc) is 2.74. The van der Waals surface area contributed by atoms with Gasteiger partial charge in [0.2, 0.25) is 17.7 Å². The van der Waals surface area contributed by atoms with Gasteiger partial charge in [-0.1, -0.05) is 18.0 Å². The Kier molecular flexibility index (Phi) is 7.84. The van der Waals surface area contributed by atoms with E-state index in [0.29, 0.717) is 12.8 Å². The largest absolute Gasteiger partial charge is 0.391 e. The highest BCUT2D eigenvalue weighted by molar-refractivity contribution is 6.31. The summed E-state index contributed by atoms with van der Waals surface area (Å²) in [5.74, 6) is -3.81. The molecule has 12 heteroatoms. The van der Waals surface area contributed by atoms with E-state index in [1.165, 1.54) is 18.0 Å². The Hall–Kier alpha value is -2.40. The van der Waals surface area contributed by atoms with Crippen LogP contribution in [0.2, 0.25) is 5.02 Å². The highest BCUT2D eigenvalue weighted by Gasteiger charge is 2.45. The van der Waals surface area contributed by atoms with Gasteiger partial charge in [0.05, 0.1) is 25.0 Å². The Bertz CT molecular complexity index is 914. The fourth-order valence-corrected chi connectivity index (χ4v) is 4.67. The molecule has 1 saturated carbocycles. The maximum atomic E-state index is 14.0. The van der Waals surface area contributed by atoms with Crippen LogP contribution in [0.3, 0.4) is 0 Å². The summed E-state index contributed by atoms with van der Waals surface area (Å²) < 4.78 is 53.6. The summed E-state index contributed by atoms with van der Waals surface area (Å²) in [4.78, 5) is 39.0. The summed E-state index contributed by atoms with van der Waals surface area (Å²) in [6, 6.07) is 0.456. The molecule has 4 unspecified atom stereocenters. The second-order valence-corrected chi connectivity index (χ2v) is 8.75. The van der Waals surface area contributed by atoms with E-state index in [9.17, 15) is 31.9 Å². The molecule has 33 heavy (non-hydrogen) atoms. The van der Waals surface area contributed by atoms with Crippen LogP contribution >= 0.6 is 11.6 Å². The molecule has 0 aromatic heterocycles. The van der Waals surface area contributed by atoms with Crippen molar-refractivity contribution in [2.75, 3.05) is 20.1 Å². The van der Waals surface area contributed by atoms with Gasteiger partial charge in [-0.25, -0.2) is 4.39 Å². The normalized spacial score (nSPS) is 26.4. The number of piperazine rings is 1. The molecule has 2 fully saturated rings. The molecule has 7 nitrogen and oxygen atoms in total. The van der Waals surface area contributed by atoms with Crippen LogP contribution in [0.1, 0.15) is 37.3 Å². The van der Waals surface area contributed by atoms with Crippen molar-refractivity contribution < 1.29 is 31.9 Å². The average molecular weight is 493 g/mol. The van der Waals surface area contributed by atoms with E-state index in [1.54, 1.807) is 0 Å². The zero-order valence-electron chi connectivity index (χ0n) is 17.8. The lowest BCUT2D eigenvalue weighted by atomic mass is 9.85. The van der Waals surface area contributed by atoms with E-state index in [-0.39, 0.29) is 36.5 Å². The maximum absolute atomic E-state index is 14.0. The Balaban J connectivity index is 1.90. The Morgan fingerprint density at radius 3 is 2.67 bits per heavy atom. The highest BCUT2D eigenvalue weighted by Crippen LogP contribution is 2.38. The van der Waals surface area contributed by atoms with Gasteiger partial charge in [0, 0.05) is 18.1 Å². The van der Waals surface area contributed by atoms with Crippen molar-refractivity contribution in [3.8, 4) is 0 Å². The van der Waals surface area contributed by atoms with E-state index in [2.05, 4.69) is 16.0 Å². The smallest absolute Gasteiger partial charge is 0.358 e. The molecule has 0 radical (unpaired) electrons. The van der Waals surface area contributed by atoms with Gasteiger partial charge in [0.1, 0.15) is 11.9 Å². The van der Waals surface area contributed by atoms with Crippen molar-refractivity contribution in [2.45, 2.75) is 50.0 Å². The number of likely N-dealkylation sites (N-methyl/N-ethyl adjacent to an activating group) is 1. The van der Waals surface area contributed by atoms with Crippen LogP contribution in [0.5, 0.6) is 0 Å². The second-order valence-electron chi connectivity index (χ2n) is 8.34. The Morgan fingerprint density at radius 2 is 2.00 bits per heavy atom. The minimum atomic E-state index is -4.36. The molecule has 2 aliphatic rings. The van der Waals surface area contributed by atoms with Gasteiger partial charge in [0.25, 0.3) is 0 Å². The first-order valence-electron chi connectivity index (χ1n) is 10.6. The molecule has 0 bridgehead atoms. The summed E-state index contributed by atoms with van der Waals surface area (Å²) in [5, 5.41) is 7.78. The third-order valence-corrected chi connectivity index (χ3v) is 6.39. The van der Waals surface area contributed by atoms with Crippen molar-refractivity contribution in [2.24, 2.45) is 5.92 Å². The summed E-state index contributed by atoms with van der Waals surface area (Å²) in [6.07, 6.45) is -3.93. The monoisotopic (exact) mass is 492 g/mol. The number of carbonyl (C=O) groups excluding carboxylic acids is 3. The lowest BCUT2D eigenvalue weighted by molar-refractivity contribution is -0.184. The standard InChI is InChI=1S/C21H25ClF4N4O3/c1-27-16(31)9-30-10-17(32)29-18(14-8-12(23)5-6-15(14)22)19(30)20(33)28-13-4-2-3-11(7-13)21(24,25)26/h5-6,8,11,13,18-19H,2-4,7,9-10H2,1H3,(H,27,31)(H,28,33)(H,29,32). The lowest BCUT2D eigenvalue weighted by Crippen LogP contribution is -2.63. The number of carbonyl (C=O) groups is 3. The topological polar surface area (TPSA) is 90.5 Å². The van der Waals surface area contributed by atoms with Crippen LogP contribution in [-0.2, 0) is 14.4 Å². The molecule has 1 aliphatic carbocycles. The number of alkyl halides is 3. The molecule has 1 saturated heterocycles. The molecular weight excluding hydrogens is 468 g/mol. The number of rotatable bonds is 5.